The van der Waals surface area contributed by atoms with Gasteiger partial charge < -0.3 is 24.3 Å². The van der Waals surface area contributed by atoms with Gasteiger partial charge in [0, 0.05) is 39.3 Å². The minimum absolute atomic E-state index is 0.0913. The normalized spacial score (nSPS) is 30.2. The largest absolute Gasteiger partial charge is 0.379 e. The molecule has 1 heterocycles. The molecule has 4 fully saturated rings. The minimum atomic E-state index is 0.0913. The molecule has 1 N–H and O–H groups in total. The van der Waals surface area contributed by atoms with Crippen molar-refractivity contribution in [1.82, 2.24) is 10.2 Å². The van der Waals surface area contributed by atoms with Crippen LogP contribution in [0.3, 0.4) is 0 Å². The number of hydrogen-bond acceptors (Lipinski definition) is 6. The molecule has 9 atom stereocenters. The highest BCUT2D eigenvalue weighted by Crippen LogP contribution is 2.67. The lowest BCUT2D eigenvalue weighted by atomic mass is 9.47. The molecule has 1 saturated heterocycles. The predicted octanol–water partition coefficient (Wildman–Crippen LogP) is 13.6. The van der Waals surface area contributed by atoms with Gasteiger partial charge in [0.05, 0.1) is 45.2 Å². The molecule has 6 nitrogen and oxygen atoms in total. The molecule has 0 bridgehead atoms. The predicted molar refractivity (Wildman–Crippen MR) is 263 cm³/mol. The minimum Gasteiger partial charge on any atom is -0.379 e. The molecule has 6 heteroatoms. The fraction of sp³-hybridized carbons (Fsp3) is 0.893. The molecule has 0 radical (unpaired) electrons. The number of unbranched alkanes of at least 4 members (excludes halogenated alkanes) is 9. The Morgan fingerprint density at radius 2 is 1.48 bits per heavy atom. The zero-order valence-electron chi connectivity index (χ0n) is 41.6. The second-order valence-electron chi connectivity index (χ2n) is 21.8. The summed E-state index contributed by atoms with van der Waals surface area (Å²) >= 11 is 0. The van der Waals surface area contributed by atoms with Crippen molar-refractivity contribution >= 4 is 0 Å². The average Bonchev–Trinajstić information content (AvgIpc) is 3.63. The monoisotopic (exact) mass is 865 g/mol. The summed E-state index contributed by atoms with van der Waals surface area (Å²) in [6.07, 6.45) is 42.8. The van der Waals surface area contributed by atoms with Crippen molar-refractivity contribution in [2.24, 2.45) is 46.3 Å². The van der Waals surface area contributed by atoms with Crippen LogP contribution < -0.4 is 5.32 Å². The summed E-state index contributed by atoms with van der Waals surface area (Å²) in [5.74, 6) is 5.35. The Morgan fingerprint density at radius 3 is 2.26 bits per heavy atom. The van der Waals surface area contributed by atoms with Crippen LogP contribution in [-0.4, -0.2) is 89.5 Å². The van der Waals surface area contributed by atoms with Gasteiger partial charge in [-0.1, -0.05) is 135 Å². The Kier molecular flexibility index (Phi) is 24.2. The van der Waals surface area contributed by atoms with E-state index in [-0.39, 0.29) is 6.10 Å². The van der Waals surface area contributed by atoms with Gasteiger partial charge in [0.25, 0.3) is 0 Å². The summed E-state index contributed by atoms with van der Waals surface area (Å²) in [7, 11) is 0. The van der Waals surface area contributed by atoms with Gasteiger partial charge >= 0.3 is 0 Å². The maximum atomic E-state index is 6.52. The zero-order valence-corrected chi connectivity index (χ0v) is 41.6. The highest BCUT2D eigenvalue weighted by molar-refractivity contribution is 5.25. The second-order valence-corrected chi connectivity index (χ2v) is 21.8. The van der Waals surface area contributed by atoms with E-state index in [2.05, 4.69) is 82.1 Å². The highest BCUT2D eigenvalue weighted by Gasteiger charge is 2.59. The van der Waals surface area contributed by atoms with Gasteiger partial charge in [-0.25, -0.2) is 0 Å². The lowest BCUT2D eigenvalue weighted by molar-refractivity contribution is -0.0736. The second kappa shape index (κ2) is 28.9. The first-order chi connectivity index (χ1) is 30.2. The zero-order chi connectivity index (χ0) is 43.9. The van der Waals surface area contributed by atoms with Gasteiger partial charge in [-0.2, -0.15) is 0 Å². The van der Waals surface area contributed by atoms with Crippen LogP contribution in [0.5, 0.6) is 0 Å². The first-order valence-electron chi connectivity index (χ1n) is 27.1. The standard InChI is InChI=1S/C56H100N2O4/c1-7-8-9-10-11-12-13-14-15-16-17-18-19-20-21-22-38-60-45-50(44-58-36-34-57-35-37-58)62-42-40-59-39-41-61-49-30-32-55(5)48(43-49)26-27-51-53-29-28-52(47(4)25-23-24-46(2)3)56(53,6)33-31-54(51)55/h11-12,14-15,26,46-47,49-54,57H,7-10,13,16-25,27-45H2,1-6H3/b12-11-,15-14-/t47-,49+,50?,51+,52-,53+,54+,55+,56-/m1/s1. The van der Waals surface area contributed by atoms with Crippen molar-refractivity contribution in [1.29, 1.82) is 0 Å². The van der Waals surface area contributed by atoms with Gasteiger partial charge in [0.1, 0.15) is 0 Å². The molecular weight excluding hydrogens is 765 g/mol. The number of rotatable bonds is 32. The number of piperazine rings is 1. The van der Waals surface area contributed by atoms with Crippen LogP contribution in [0.15, 0.2) is 36.0 Å². The van der Waals surface area contributed by atoms with Crippen molar-refractivity contribution in [2.75, 3.05) is 72.4 Å². The van der Waals surface area contributed by atoms with Gasteiger partial charge in [0.15, 0.2) is 0 Å². The van der Waals surface area contributed by atoms with Gasteiger partial charge in [-0.15, -0.1) is 0 Å². The van der Waals surface area contributed by atoms with E-state index in [9.17, 15) is 0 Å². The third kappa shape index (κ3) is 16.7. The SMILES string of the molecule is CCCCC/C=C\C/C=C\CCCCCCCCOCC(CN1CCNCC1)OCCOCCO[C@H]1CC[C@@]2(C)C(=CC[C@H]3[C@@H]4CC[C@H]([C@H](C)CCCC(C)C)[C@@]4(C)CC[C@@H]32)C1. The summed E-state index contributed by atoms with van der Waals surface area (Å²) < 4.78 is 25.2. The number of allylic oxidation sites excluding steroid dienone is 5. The molecule has 5 rings (SSSR count). The number of fused-ring (bicyclic) bond motifs is 5. The molecule has 0 aromatic rings. The van der Waals surface area contributed by atoms with E-state index >= 15 is 0 Å². The van der Waals surface area contributed by atoms with Crippen LogP contribution in [-0.2, 0) is 18.9 Å². The molecule has 358 valence electrons. The summed E-state index contributed by atoms with van der Waals surface area (Å²) in [4.78, 5) is 2.52. The first kappa shape index (κ1) is 52.0. The Bertz CT molecular complexity index is 1280. The van der Waals surface area contributed by atoms with Gasteiger partial charge in [0.2, 0.25) is 0 Å². The molecule has 0 aromatic heterocycles. The van der Waals surface area contributed by atoms with E-state index in [0.29, 0.717) is 50.0 Å². The maximum absolute atomic E-state index is 6.52. The molecule has 62 heavy (non-hydrogen) atoms. The van der Waals surface area contributed by atoms with Gasteiger partial charge in [-0.3, -0.25) is 4.90 Å². The average molecular weight is 865 g/mol. The molecule has 4 aliphatic carbocycles. The van der Waals surface area contributed by atoms with Crippen LogP contribution in [0.2, 0.25) is 0 Å². The summed E-state index contributed by atoms with van der Waals surface area (Å²) in [5, 5.41) is 3.48. The highest BCUT2D eigenvalue weighted by atomic mass is 16.6. The maximum Gasteiger partial charge on any atom is 0.0936 e. The topological polar surface area (TPSA) is 52.2 Å². The Morgan fingerprint density at radius 1 is 0.742 bits per heavy atom. The molecule has 1 aliphatic heterocycles. The number of hydrogen-bond donors (Lipinski definition) is 1. The quantitative estimate of drug-likeness (QED) is 0.0537. The van der Waals surface area contributed by atoms with Crippen LogP contribution >= 0.6 is 0 Å². The van der Waals surface area contributed by atoms with E-state index < -0.39 is 0 Å². The van der Waals surface area contributed by atoms with E-state index in [1.165, 1.54) is 128 Å². The third-order valence-electron chi connectivity index (χ3n) is 16.9. The molecule has 0 spiro atoms. The van der Waals surface area contributed by atoms with Crippen LogP contribution in [0.25, 0.3) is 0 Å². The summed E-state index contributed by atoms with van der Waals surface area (Å²) in [6.45, 7) is 24.3. The van der Waals surface area contributed by atoms with Crippen LogP contribution in [0.4, 0.5) is 0 Å². The van der Waals surface area contributed by atoms with E-state index in [1.54, 1.807) is 5.57 Å². The molecule has 5 aliphatic rings. The van der Waals surface area contributed by atoms with E-state index in [0.717, 1.165) is 94.1 Å². The lowest BCUT2D eigenvalue weighted by Gasteiger charge is -2.58. The molecule has 0 amide bonds. The molecule has 0 aromatic carbocycles. The van der Waals surface area contributed by atoms with Gasteiger partial charge in [-0.05, 0) is 136 Å². The Balaban J connectivity index is 0.912. The molecule has 3 saturated carbocycles. The smallest absolute Gasteiger partial charge is 0.0936 e. The fourth-order valence-electron chi connectivity index (χ4n) is 13.2. The van der Waals surface area contributed by atoms with E-state index in [4.69, 9.17) is 18.9 Å². The third-order valence-corrected chi connectivity index (χ3v) is 16.9. The van der Waals surface area contributed by atoms with Crippen molar-refractivity contribution in [2.45, 2.75) is 201 Å². The number of nitrogens with one attached hydrogen (secondary N) is 1. The Hall–Kier alpha value is -1.02. The van der Waals surface area contributed by atoms with Crippen molar-refractivity contribution in [3.8, 4) is 0 Å². The summed E-state index contributed by atoms with van der Waals surface area (Å²) in [6, 6.07) is 0. The fourth-order valence-corrected chi connectivity index (χ4v) is 13.2. The first-order valence-corrected chi connectivity index (χ1v) is 27.1. The van der Waals surface area contributed by atoms with E-state index in [1.807, 2.05) is 0 Å². The molecule has 1 unspecified atom stereocenters. The number of ether oxygens (including phenoxy) is 4. The van der Waals surface area contributed by atoms with Crippen LogP contribution in [0, 0.1) is 46.3 Å². The van der Waals surface area contributed by atoms with Crippen LogP contribution in [0.1, 0.15) is 189 Å². The van der Waals surface area contributed by atoms with Crippen molar-refractivity contribution < 1.29 is 18.9 Å². The Labute approximate surface area is 383 Å². The number of nitrogens with zero attached hydrogens (tertiary/aromatic N) is 1. The molecular formula is C56H100N2O4. The summed E-state index contributed by atoms with van der Waals surface area (Å²) in [5.41, 5.74) is 2.67. The van der Waals surface area contributed by atoms with Crippen molar-refractivity contribution in [3.63, 3.8) is 0 Å². The lowest BCUT2D eigenvalue weighted by Crippen LogP contribution is -2.51. The van der Waals surface area contributed by atoms with Crippen molar-refractivity contribution in [3.05, 3.63) is 36.0 Å².